The monoisotopic (exact) mass is 285 g/mol. The molecule has 5 heteroatoms. The third-order valence-electron chi connectivity index (χ3n) is 3.31. The van der Waals surface area contributed by atoms with Crippen LogP contribution in [0.15, 0.2) is 18.2 Å². The molecule has 1 aliphatic heterocycles. The second-order valence-electron chi connectivity index (χ2n) is 4.62. The van der Waals surface area contributed by atoms with Crippen LogP contribution in [0.2, 0.25) is 5.02 Å². The van der Waals surface area contributed by atoms with Gasteiger partial charge in [-0.15, -0.1) is 0 Å². The Bertz CT molecular complexity index is 467. The maximum absolute atomic E-state index is 13.8. The lowest BCUT2D eigenvalue weighted by Gasteiger charge is -2.23. The summed E-state index contributed by atoms with van der Waals surface area (Å²) in [5.74, 6) is -0.545. The van der Waals surface area contributed by atoms with E-state index in [4.69, 9.17) is 16.3 Å². The van der Waals surface area contributed by atoms with Crippen molar-refractivity contribution in [2.45, 2.75) is 32.4 Å². The molecular weight excluding hydrogens is 269 g/mol. The van der Waals surface area contributed by atoms with E-state index in [1.54, 1.807) is 19.1 Å². The van der Waals surface area contributed by atoms with E-state index < -0.39 is 0 Å². The Morgan fingerprint density at radius 3 is 3.05 bits per heavy atom. The molecule has 0 saturated carbocycles. The average molecular weight is 286 g/mol. The van der Waals surface area contributed by atoms with E-state index in [2.05, 4.69) is 0 Å². The lowest BCUT2D eigenvalue weighted by atomic mass is 10.1. The van der Waals surface area contributed by atoms with Crippen molar-refractivity contribution in [3.63, 3.8) is 0 Å². The van der Waals surface area contributed by atoms with Crippen molar-refractivity contribution in [1.82, 2.24) is 4.90 Å². The number of halogens is 2. The van der Waals surface area contributed by atoms with Crippen LogP contribution in [-0.4, -0.2) is 30.1 Å². The summed E-state index contributed by atoms with van der Waals surface area (Å²) in [6.45, 7) is 3.35. The Hall–Kier alpha value is -1.13. The molecule has 0 spiro atoms. The zero-order valence-corrected chi connectivity index (χ0v) is 11.6. The predicted molar refractivity (Wildman–Crippen MR) is 71.5 cm³/mol. The number of nitrogens with zero attached hydrogens (tertiary/aromatic N) is 1. The van der Waals surface area contributed by atoms with Crippen LogP contribution < -0.4 is 0 Å². The fourth-order valence-electron chi connectivity index (χ4n) is 2.39. The fourth-order valence-corrected chi connectivity index (χ4v) is 2.55. The lowest BCUT2D eigenvalue weighted by molar-refractivity contribution is -0.148. The van der Waals surface area contributed by atoms with Crippen LogP contribution in [0.4, 0.5) is 4.39 Å². The number of ether oxygens (including phenoxy) is 1. The fraction of sp³-hybridized carbons (Fsp3) is 0.500. The quantitative estimate of drug-likeness (QED) is 0.797. The number of carbonyl (C=O) groups excluding carboxylic acids is 1. The highest BCUT2D eigenvalue weighted by molar-refractivity contribution is 6.30. The molecule has 104 valence electrons. The minimum Gasteiger partial charge on any atom is -0.465 e. The molecule has 0 bridgehead atoms. The molecule has 3 nitrogen and oxygen atoms in total. The van der Waals surface area contributed by atoms with Crippen molar-refractivity contribution in [2.75, 3.05) is 13.2 Å². The van der Waals surface area contributed by atoms with Gasteiger partial charge in [0, 0.05) is 17.1 Å². The summed E-state index contributed by atoms with van der Waals surface area (Å²) < 4.78 is 18.8. The molecule has 0 amide bonds. The molecule has 1 fully saturated rings. The van der Waals surface area contributed by atoms with Gasteiger partial charge in [0.1, 0.15) is 11.9 Å². The minimum absolute atomic E-state index is 0.214. The molecule has 19 heavy (non-hydrogen) atoms. The second kappa shape index (κ2) is 6.35. The van der Waals surface area contributed by atoms with E-state index in [1.807, 2.05) is 4.90 Å². The van der Waals surface area contributed by atoms with Gasteiger partial charge < -0.3 is 4.74 Å². The number of benzene rings is 1. The van der Waals surface area contributed by atoms with Gasteiger partial charge in [0.25, 0.3) is 0 Å². The van der Waals surface area contributed by atoms with E-state index in [0.29, 0.717) is 23.7 Å². The molecule has 1 heterocycles. The van der Waals surface area contributed by atoms with Crippen LogP contribution >= 0.6 is 11.6 Å². The molecule has 1 saturated heterocycles. The van der Waals surface area contributed by atoms with Crippen LogP contribution in [0.25, 0.3) is 0 Å². The number of carbonyl (C=O) groups is 1. The van der Waals surface area contributed by atoms with E-state index in [1.165, 1.54) is 6.07 Å². The molecule has 2 rings (SSSR count). The van der Waals surface area contributed by atoms with Crippen molar-refractivity contribution in [3.05, 3.63) is 34.6 Å². The number of hydrogen-bond acceptors (Lipinski definition) is 3. The molecule has 0 radical (unpaired) electrons. The van der Waals surface area contributed by atoms with Crippen LogP contribution in [-0.2, 0) is 16.1 Å². The summed E-state index contributed by atoms with van der Waals surface area (Å²) in [6.07, 6.45) is 1.70. The Balaban J connectivity index is 2.07. The standard InChI is InChI=1S/C14H17ClFNO2/c1-2-19-14(18)13-4-3-7-17(13)9-10-5-6-11(15)8-12(10)16/h5-6,8,13H,2-4,7,9H2,1H3. The van der Waals surface area contributed by atoms with Gasteiger partial charge in [0.15, 0.2) is 0 Å². The van der Waals surface area contributed by atoms with Crippen molar-refractivity contribution in [1.29, 1.82) is 0 Å². The maximum atomic E-state index is 13.8. The number of esters is 1. The third kappa shape index (κ3) is 3.45. The molecule has 0 aliphatic carbocycles. The largest absolute Gasteiger partial charge is 0.465 e. The summed E-state index contributed by atoms with van der Waals surface area (Å²) in [6, 6.07) is 4.37. The summed E-state index contributed by atoms with van der Waals surface area (Å²) in [7, 11) is 0. The van der Waals surface area contributed by atoms with Gasteiger partial charge in [0.05, 0.1) is 6.61 Å². The van der Waals surface area contributed by atoms with Crippen molar-refractivity contribution < 1.29 is 13.9 Å². The topological polar surface area (TPSA) is 29.5 Å². The molecule has 0 aromatic heterocycles. The van der Waals surface area contributed by atoms with Gasteiger partial charge >= 0.3 is 5.97 Å². The van der Waals surface area contributed by atoms with Gasteiger partial charge in [-0.25, -0.2) is 4.39 Å². The molecule has 1 aromatic carbocycles. The molecule has 1 aromatic rings. The second-order valence-corrected chi connectivity index (χ2v) is 5.05. The first-order chi connectivity index (χ1) is 9.11. The van der Waals surface area contributed by atoms with E-state index >= 15 is 0 Å². The van der Waals surface area contributed by atoms with E-state index in [9.17, 15) is 9.18 Å². The van der Waals surface area contributed by atoms with Crippen LogP contribution in [0.5, 0.6) is 0 Å². The van der Waals surface area contributed by atoms with Crippen molar-refractivity contribution >= 4 is 17.6 Å². The van der Waals surface area contributed by atoms with Crippen LogP contribution in [0.1, 0.15) is 25.3 Å². The van der Waals surface area contributed by atoms with Gasteiger partial charge in [-0.05, 0) is 38.4 Å². The summed E-state index contributed by atoms with van der Waals surface area (Å²) in [4.78, 5) is 13.8. The summed E-state index contributed by atoms with van der Waals surface area (Å²) in [5.41, 5.74) is 0.556. The first-order valence-electron chi connectivity index (χ1n) is 6.46. The van der Waals surface area contributed by atoms with Crippen LogP contribution in [0, 0.1) is 5.82 Å². The highest BCUT2D eigenvalue weighted by Crippen LogP contribution is 2.23. The van der Waals surface area contributed by atoms with Gasteiger partial charge in [0.2, 0.25) is 0 Å². The Kier molecular flexibility index (Phi) is 4.77. The summed E-state index contributed by atoms with van der Waals surface area (Å²) >= 11 is 5.73. The first kappa shape index (κ1) is 14.3. The molecule has 1 atom stereocenters. The van der Waals surface area contributed by atoms with E-state index in [-0.39, 0.29) is 17.8 Å². The zero-order valence-electron chi connectivity index (χ0n) is 10.9. The molecule has 0 N–H and O–H groups in total. The summed E-state index contributed by atoms with van der Waals surface area (Å²) in [5, 5.41) is 0.379. The highest BCUT2D eigenvalue weighted by atomic mass is 35.5. The smallest absolute Gasteiger partial charge is 0.323 e. The van der Waals surface area contributed by atoms with Gasteiger partial charge in [-0.1, -0.05) is 17.7 Å². The van der Waals surface area contributed by atoms with Gasteiger partial charge in [-0.3, -0.25) is 9.69 Å². The average Bonchev–Trinajstić information content (AvgIpc) is 2.81. The van der Waals surface area contributed by atoms with Gasteiger partial charge in [-0.2, -0.15) is 0 Å². The van der Waals surface area contributed by atoms with Crippen LogP contribution in [0.3, 0.4) is 0 Å². The SMILES string of the molecule is CCOC(=O)C1CCCN1Cc1ccc(Cl)cc1F. The zero-order chi connectivity index (χ0) is 13.8. The maximum Gasteiger partial charge on any atom is 0.323 e. The predicted octanol–water partition coefficient (Wildman–Crippen LogP) is 3.01. The molecule has 1 aliphatic rings. The Morgan fingerprint density at radius 2 is 2.37 bits per heavy atom. The number of likely N-dealkylation sites (tertiary alicyclic amines) is 1. The molecular formula is C14H17ClFNO2. The minimum atomic E-state index is -0.331. The van der Waals surface area contributed by atoms with Crippen molar-refractivity contribution in [3.8, 4) is 0 Å². The molecule has 1 unspecified atom stereocenters. The number of hydrogen-bond donors (Lipinski definition) is 0. The Labute approximate surface area is 117 Å². The van der Waals surface area contributed by atoms with Crippen molar-refractivity contribution in [2.24, 2.45) is 0 Å². The Morgan fingerprint density at radius 1 is 1.58 bits per heavy atom. The normalized spacial score (nSPS) is 19.6. The number of rotatable bonds is 4. The van der Waals surface area contributed by atoms with E-state index in [0.717, 1.165) is 19.4 Å². The third-order valence-corrected chi connectivity index (χ3v) is 3.55. The lowest BCUT2D eigenvalue weighted by Crippen LogP contribution is -2.37. The highest BCUT2D eigenvalue weighted by Gasteiger charge is 2.32. The first-order valence-corrected chi connectivity index (χ1v) is 6.84.